The molecule has 9 nitrogen and oxygen atoms in total. The van der Waals surface area contributed by atoms with Gasteiger partial charge in [-0.25, -0.2) is 13.8 Å². The van der Waals surface area contributed by atoms with Gasteiger partial charge in [0.1, 0.15) is 23.3 Å². The van der Waals surface area contributed by atoms with Crippen molar-refractivity contribution < 1.29 is 18.3 Å². The first-order valence-corrected chi connectivity index (χ1v) is 14.9. The number of nitrogen functional groups attached to an aromatic ring is 1. The number of nitrogens with zero attached hydrogens (tertiary/aromatic N) is 3. The molecule has 0 bridgehead atoms. The number of rotatable bonds is 8. The van der Waals surface area contributed by atoms with Crippen molar-refractivity contribution in [3.05, 3.63) is 77.0 Å². The van der Waals surface area contributed by atoms with Crippen molar-refractivity contribution in [2.24, 2.45) is 0 Å². The number of ether oxygens (including phenoxy) is 1. The average Bonchev–Trinajstić information content (AvgIpc) is 2.97. The van der Waals surface area contributed by atoms with Gasteiger partial charge in [-0.05, 0) is 61.9 Å². The third-order valence-electron chi connectivity index (χ3n) is 7.43. The Morgan fingerprint density at radius 1 is 1.07 bits per heavy atom. The second-order valence-corrected chi connectivity index (χ2v) is 11.6. The SMILES string of the molecule is CN1CCN(c2ccc(C(=O)NC(=N)c3cc(SCc4cc(F)cc(F)c4)cnc3N)c(NC3CCOCC3)c2)CC1. The molecular formula is C30H35F2N7O2S. The van der Waals surface area contributed by atoms with Crippen molar-refractivity contribution in [1.82, 2.24) is 15.2 Å². The molecule has 2 aromatic carbocycles. The highest BCUT2D eigenvalue weighted by atomic mass is 32.2. The highest BCUT2D eigenvalue weighted by Crippen LogP contribution is 2.28. The summed E-state index contributed by atoms with van der Waals surface area (Å²) in [7, 11) is 2.11. The Labute approximate surface area is 248 Å². The van der Waals surface area contributed by atoms with Gasteiger partial charge in [-0.15, -0.1) is 11.8 Å². The molecule has 3 aromatic rings. The molecule has 222 valence electrons. The molecule has 2 saturated heterocycles. The molecule has 2 aliphatic heterocycles. The molecule has 0 spiro atoms. The van der Waals surface area contributed by atoms with Gasteiger partial charge < -0.3 is 30.9 Å². The van der Waals surface area contributed by atoms with E-state index in [0.717, 1.165) is 50.8 Å². The molecule has 3 heterocycles. The van der Waals surface area contributed by atoms with Gasteiger partial charge >= 0.3 is 0 Å². The van der Waals surface area contributed by atoms with Crippen LogP contribution in [-0.4, -0.2) is 74.1 Å². The van der Waals surface area contributed by atoms with Gasteiger partial charge in [0.05, 0.1) is 11.1 Å². The van der Waals surface area contributed by atoms with Crippen LogP contribution >= 0.6 is 11.8 Å². The van der Waals surface area contributed by atoms with Crippen LogP contribution in [0, 0.1) is 17.0 Å². The lowest BCUT2D eigenvalue weighted by molar-refractivity contribution is 0.0904. The Morgan fingerprint density at radius 2 is 1.79 bits per heavy atom. The fourth-order valence-electron chi connectivity index (χ4n) is 5.02. The van der Waals surface area contributed by atoms with Crippen molar-refractivity contribution in [1.29, 1.82) is 5.41 Å². The molecule has 42 heavy (non-hydrogen) atoms. The van der Waals surface area contributed by atoms with Gasteiger partial charge in [-0.1, -0.05) is 0 Å². The maximum absolute atomic E-state index is 13.6. The van der Waals surface area contributed by atoms with E-state index in [1.807, 2.05) is 12.1 Å². The lowest BCUT2D eigenvalue weighted by Crippen LogP contribution is -2.44. The van der Waals surface area contributed by atoms with Gasteiger partial charge in [0.2, 0.25) is 0 Å². The van der Waals surface area contributed by atoms with Crippen molar-refractivity contribution >= 4 is 40.7 Å². The highest BCUT2D eigenvalue weighted by Gasteiger charge is 2.22. The summed E-state index contributed by atoms with van der Waals surface area (Å²) in [4.78, 5) is 22.9. The number of amidine groups is 1. The number of hydrogen-bond donors (Lipinski definition) is 4. The number of amides is 1. The van der Waals surface area contributed by atoms with Crippen LogP contribution < -0.4 is 21.3 Å². The fourth-order valence-corrected chi connectivity index (χ4v) is 5.85. The van der Waals surface area contributed by atoms with E-state index in [1.54, 1.807) is 12.1 Å². The number of thioether (sulfide) groups is 1. The first-order valence-electron chi connectivity index (χ1n) is 13.9. The van der Waals surface area contributed by atoms with E-state index in [4.69, 9.17) is 15.9 Å². The van der Waals surface area contributed by atoms with Gasteiger partial charge in [-0.3, -0.25) is 10.2 Å². The van der Waals surface area contributed by atoms with E-state index in [-0.39, 0.29) is 23.3 Å². The molecule has 0 radical (unpaired) electrons. The predicted molar refractivity (Wildman–Crippen MR) is 162 cm³/mol. The van der Waals surface area contributed by atoms with Gasteiger partial charge in [-0.2, -0.15) is 0 Å². The van der Waals surface area contributed by atoms with Crippen molar-refractivity contribution in [3.63, 3.8) is 0 Å². The summed E-state index contributed by atoms with van der Waals surface area (Å²) in [6.45, 7) is 5.06. The van der Waals surface area contributed by atoms with Crippen LogP contribution in [-0.2, 0) is 10.5 Å². The largest absolute Gasteiger partial charge is 0.383 e. The van der Waals surface area contributed by atoms with Crippen LogP contribution in [0.2, 0.25) is 0 Å². The number of carbonyl (C=O) groups excluding carboxylic acids is 1. The number of carbonyl (C=O) groups is 1. The molecule has 2 fully saturated rings. The minimum atomic E-state index is -0.645. The molecule has 5 rings (SSSR count). The van der Waals surface area contributed by atoms with Crippen molar-refractivity contribution in [2.45, 2.75) is 29.5 Å². The maximum Gasteiger partial charge on any atom is 0.258 e. The van der Waals surface area contributed by atoms with Gasteiger partial charge in [0.25, 0.3) is 5.91 Å². The summed E-state index contributed by atoms with van der Waals surface area (Å²) >= 11 is 1.29. The maximum atomic E-state index is 13.6. The van der Waals surface area contributed by atoms with Crippen molar-refractivity contribution in [2.75, 3.05) is 62.4 Å². The molecule has 12 heteroatoms. The van der Waals surface area contributed by atoms with Gasteiger partial charge in [0.15, 0.2) is 0 Å². The Hall–Kier alpha value is -3.74. The third-order valence-corrected chi connectivity index (χ3v) is 8.46. The third kappa shape index (κ3) is 7.55. The van der Waals surface area contributed by atoms with Crippen LogP contribution in [0.5, 0.6) is 0 Å². The van der Waals surface area contributed by atoms with Gasteiger partial charge in [0, 0.05) is 79.7 Å². The second kappa shape index (κ2) is 13.5. The molecule has 1 aromatic heterocycles. The summed E-state index contributed by atoms with van der Waals surface area (Å²) < 4.78 is 32.6. The molecule has 2 aliphatic rings. The molecule has 5 N–H and O–H groups in total. The highest BCUT2D eigenvalue weighted by molar-refractivity contribution is 7.98. The Morgan fingerprint density at radius 3 is 2.50 bits per heavy atom. The zero-order valence-electron chi connectivity index (χ0n) is 23.5. The number of hydrogen-bond acceptors (Lipinski definition) is 9. The Balaban J connectivity index is 1.32. The van der Waals surface area contributed by atoms with Crippen LogP contribution in [0.15, 0.2) is 53.6 Å². The van der Waals surface area contributed by atoms with Crippen molar-refractivity contribution in [3.8, 4) is 0 Å². The summed E-state index contributed by atoms with van der Waals surface area (Å²) in [5.74, 6) is -1.54. The first kappa shape index (κ1) is 29.7. The zero-order chi connectivity index (χ0) is 29.6. The number of nitrogens with one attached hydrogen (secondary N) is 3. The normalized spacial score (nSPS) is 16.3. The fraction of sp³-hybridized carbons (Fsp3) is 0.367. The Kier molecular flexibility index (Phi) is 9.55. The molecule has 0 saturated carbocycles. The quantitative estimate of drug-likeness (QED) is 0.173. The summed E-state index contributed by atoms with van der Waals surface area (Å²) in [5.41, 5.74) is 8.98. The number of anilines is 3. The smallest absolute Gasteiger partial charge is 0.258 e. The van der Waals surface area contributed by atoms with Crippen LogP contribution in [0.3, 0.4) is 0 Å². The first-order chi connectivity index (χ1) is 20.2. The van der Waals surface area contributed by atoms with E-state index >= 15 is 0 Å². The van der Waals surface area contributed by atoms with Crippen LogP contribution in [0.25, 0.3) is 0 Å². The molecule has 0 unspecified atom stereocenters. The number of piperazine rings is 1. The molecule has 1 amide bonds. The van der Waals surface area contributed by atoms with E-state index in [2.05, 4.69) is 32.5 Å². The number of pyridine rings is 1. The zero-order valence-corrected chi connectivity index (χ0v) is 24.3. The topological polar surface area (TPSA) is 120 Å². The summed E-state index contributed by atoms with van der Waals surface area (Å²) in [5, 5.41) is 14.9. The lowest BCUT2D eigenvalue weighted by Gasteiger charge is -2.34. The monoisotopic (exact) mass is 595 g/mol. The number of nitrogens with two attached hydrogens (primary N) is 1. The minimum absolute atomic E-state index is 0.0902. The summed E-state index contributed by atoms with van der Waals surface area (Å²) in [6.07, 6.45) is 3.20. The Bertz CT molecular complexity index is 1420. The van der Waals surface area contributed by atoms with E-state index in [1.165, 1.54) is 30.1 Å². The number of aromatic nitrogens is 1. The molecule has 0 atom stereocenters. The number of benzene rings is 2. The standard InChI is InChI=1S/C30H35F2N7O2S/c1-38-6-8-39(9-7-38)23-2-3-25(27(15-23)36-22-4-10-41-11-5-22)30(40)37-29(34)26-16-24(17-35-28(26)33)42-18-19-12-20(31)14-21(32)13-19/h2-3,12-17,22,36H,4-11,18H2,1H3,(H2,33,35)(H2,34,37,40). The van der Waals surface area contributed by atoms with E-state index in [0.29, 0.717) is 40.7 Å². The van der Waals surface area contributed by atoms with E-state index in [9.17, 15) is 13.6 Å². The summed E-state index contributed by atoms with van der Waals surface area (Å²) in [6, 6.07) is 10.9. The minimum Gasteiger partial charge on any atom is -0.383 e. The predicted octanol–water partition coefficient (Wildman–Crippen LogP) is 4.33. The lowest BCUT2D eigenvalue weighted by atomic mass is 10.1. The van der Waals surface area contributed by atoms with Crippen LogP contribution in [0.4, 0.5) is 26.0 Å². The molecule has 0 aliphatic carbocycles. The number of likely N-dealkylation sites (N-methyl/N-ethyl adjacent to an activating group) is 1. The molecular weight excluding hydrogens is 560 g/mol. The van der Waals surface area contributed by atoms with E-state index < -0.39 is 17.5 Å². The average molecular weight is 596 g/mol. The van der Waals surface area contributed by atoms with Crippen LogP contribution in [0.1, 0.15) is 34.3 Å². The number of halogens is 2. The second-order valence-electron chi connectivity index (χ2n) is 10.6.